The maximum absolute atomic E-state index is 12.3. The summed E-state index contributed by atoms with van der Waals surface area (Å²) in [7, 11) is 1.85. The summed E-state index contributed by atoms with van der Waals surface area (Å²) in [5, 5.41) is 0. The molecule has 0 aromatic heterocycles. The molecule has 4 heteroatoms. The molecule has 100 valence electrons. The van der Waals surface area contributed by atoms with Crippen molar-refractivity contribution in [2.24, 2.45) is 11.7 Å². The molecule has 0 aliphatic heterocycles. The number of rotatable bonds is 2. The van der Waals surface area contributed by atoms with Crippen LogP contribution in [0.2, 0.25) is 0 Å². The van der Waals surface area contributed by atoms with Gasteiger partial charge in [-0.3, -0.25) is 4.79 Å². The number of benzene rings is 1. The summed E-state index contributed by atoms with van der Waals surface area (Å²) in [6.07, 6.45) is 3.93. The van der Waals surface area contributed by atoms with Crippen LogP contribution in [0.15, 0.2) is 30.3 Å². The average Bonchev–Trinajstić information content (AvgIpc) is 2.38. The Morgan fingerprint density at radius 2 is 1.94 bits per heavy atom. The zero-order valence-corrected chi connectivity index (χ0v) is 11.5. The molecule has 18 heavy (non-hydrogen) atoms. The highest BCUT2D eigenvalue weighted by Crippen LogP contribution is 2.26. The third kappa shape index (κ3) is 3.47. The lowest BCUT2D eigenvalue weighted by Crippen LogP contribution is -2.38. The van der Waals surface area contributed by atoms with Crippen molar-refractivity contribution in [3.8, 4) is 0 Å². The van der Waals surface area contributed by atoms with Crippen molar-refractivity contribution in [2.75, 3.05) is 11.9 Å². The largest absolute Gasteiger partial charge is 0.328 e. The normalized spacial score (nSPS) is 23.0. The van der Waals surface area contributed by atoms with Crippen LogP contribution in [0.1, 0.15) is 25.7 Å². The van der Waals surface area contributed by atoms with Crippen molar-refractivity contribution in [1.82, 2.24) is 0 Å². The fraction of sp³-hybridized carbons (Fsp3) is 0.500. The average molecular weight is 269 g/mol. The van der Waals surface area contributed by atoms with Gasteiger partial charge in [0.05, 0.1) is 0 Å². The number of hydrogen-bond donors (Lipinski definition) is 1. The van der Waals surface area contributed by atoms with Gasteiger partial charge >= 0.3 is 0 Å². The number of carbonyl (C=O) groups excluding carboxylic acids is 1. The lowest BCUT2D eigenvalue weighted by molar-refractivity contribution is -0.123. The number of carbonyl (C=O) groups is 1. The molecule has 1 saturated carbocycles. The van der Waals surface area contributed by atoms with Crippen LogP contribution in [0.5, 0.6) is 0 Å². The van der Waals surface area contributed by atoms with Crippen LogP contribution in [0.4, 0.5) is 5.69 Å². The second kappa shape index (κ2) is 6.76. The van der Waals surface area contributed by atoms with Crippen LogP contribution < -0.4 is 10.6 Å². The van der Waals surface area contributed by atoms with Gasteiger partial charge in [-0.25, -0.2) is 0 Å². The number of amides is 1. The molecule has 1 aromatic rings. The SMILES string of the molecule is CN(C(=O)C1CCCC(N)C1)c1ccccc1.Cl. The Kier molecular flexibility index (Phi) is 5.63. The summed E-state index contributed by atoms with van der Waals surface area (Å²) in [4.78, 5) is 14.1. The van der Waals surface area contributed by atoms with E-state index in [4.69, 9.17) is 5.73 Å². The first-order valence-electron chi connectivity index (χ1n) is 6.26. The Bertz CT molecular complexity index is 383. The van der Waals surface area contributed by atoms with E-state index in [9.17, 15) is 4.79 Å². The lowest BCUT2D eigenvalue weighted by atomic mass is 9.85. The number of hydrogen-bond acceptors (Lipinski definition) is 2. The van der Waals surface area contributed by atoms with E-state index in [1.54, 1.807) is 4.90 Å². The van der Waals surface area contributed by atoms with Crippen LogP contribution in [0.25, 0.3) is 0 Å². The molecule has 2 unspecified atom stereocenters. The number of halogens is 1. The molecule has 0 bridgehead atoms. The van der Waals surface area contributed by atoms with Gasteiger partial charge in [0.2, 0.25) is 5.91 Å². The Balaban J connectivity index is 0.00000162. The van der Waals surface area contributed by atoms with E-state index in [-0.39, 0.29) is 30.3 Å². The minimum absolute atomic E-state index is 0. The molecule has 2 rings (SSSR count). The predicted octanol–water partition coefficient (Wildman–Crippen LogP) is 2.59. The van der Waals surface area contributed by atoms with Crippen LogP contribution in [0, 0.1) is 5.92 Å². The Morgan fingerprint density at radius 3 is 2.56 bits per heavy atom. The molecular weight excluding hydrogens is 248 g/mol. The summed E-state index contributed by atoms with van der Waals surface area (Å²) in [5.41, 5.74) is 6.89. The number of para-hydroxylation sites is 1. The van der Waals surface area contributed by atoms with Crippen molar-refractivity contribution in [3.63, 3.8) is 0 Å². The van der Waals surface area contributed by atoms with Crippen LogP contribution in [0.3, 0.4) is 0 Å². The molecule has 2 N–H and O–H groups in total. The minimum Gasteiger partial charge on any atom is -0.328 e. The van der Waals surface area contributed by atoms with Crippen molar-refractivity contribution < 1.29 is 4.79 Å². The summed E-state index contributed by atoms with van der Waals surface area (Å²) in [6.45, 7) is 0. The van der Waals surface area contributed by atoms with Gasteiger partial charge in [0.15, 0.2) is 0 Å². The first-order chi connectivity index (χ1) is 8.18. The Morgan fingerprint density at radius 1 is 1.28 bits per heavy atom. The van der Waals surface area contributed by atoms with E-state index in [1.165, 1.54) is 0 Å². The van der Waals surface area contributed by atoms with Crippen molar-refractivity contribution in [3.05, 3.63) is 30.3 Å². The zero-order valence-electron chi connectivity index (χ0n) is 10.7. The van der Waals surface area contributed by atoms with Crippen LogP contribution in [-0.4, -0.2) is 19.0 Å². The highest BCUT2D eigenvalue weighted by atomic mass is 35.5. The van der Waals surface area contributed by atoms with E-state index < -0.39 is 0 Å². The highest BCUT2D eigenvalue weighted by molar-refractivity contribution is 5.94. The fourth-order valence-corrected chi connectivity index (χ4v) is 2.50. The first-order valence-corrected chi connectivity index (χ1v) is 6.26. The summed E-state index contributed by atoms with van der Waals surface area (Å²) < 4.78 is 0. The number of anilines is 1. The molecular formula is C14H21ClN2O. The maximum Gasteiger partial charge on any atom is 0.229 e. The van der Waals surface area contributed by atoms with E-state index >= 15 is 0 Å². The van der Waals surface area contributed by atoms with E-state index in [2.05, 4.69) is 0 Å². The first kappa shape index (κ1) is 15.0. The molecule has 1 fully saturated rings. The summed E-state index contributed by atoms with van der Waals surface area (Å²) in [6, 6.07) is 9.97. The maximum atomic E-state index is 12.3. The zero-order chi connectivity index (χ0) is 12.3. The molecule has 1 amide bonds. The summed E-state index contributed by atoms with van der Waals surface area (Å²) in [5.74, 6) is 0.301. The van der Waals surface area contributed by atoms with Crippen molar-refractivity contribution in [2.45, 2.75) is 31.7 Å². The molecule has 1 aromatic carbocycles. The number of nitrogens with two attached hydrogens (primary N) is 1. The fourth-order valence-electron chi connectivity index (χ4n) is 2.50. The molecule has 0 radical (unpaired) electrons. The topological polar surface area (TPSA) is 46.3 Å². The standard InChI is InChI=1S/C14H20N2O.ClH/c1-16(13-8-3-2-4-9-13)14(17)11-6-5-7-12(15)10-11;/h2-4,8-9,11-12H,5-7,10,15H2,1H3;1H. The molecule has 3 nitrogen and oxygen atoms in total. The Labute approximate surface area is 115 Å². The van der Waals surface area contributed by atoms with E-state index in [1.807, 2.05) is 37.4 Å². The van der Waals surface area contributed by atoms with Gasteiger partial charge in [-0.15, -0.1) is 12.4 Å². The van der Waals surface area contributed by atoms with Gasteiger partial charge in [-0.05, 0) is 31.4 Å². The Hall–Kier alpha value is -1.06. The lowest BCUT2D eigenvalue weighted by Gasteiger charge is -2.29. The molecule has 2 atom stereocenters. The second-order valence-electron chi connectivity index (χ2n) is 4.86. The summed E-state index contributed by atoms with van der Waals surface area (Å²) >= 11 is 0. The number of nitrogens with zero attached hydrogens (tertiary/aromatic N) is 1. The van der Waals surface area contributed by atoms with E-state index in [0.29, 0.717) is 0 Å². The van der Waals surface area contributed by atoms with Gasteiger partial charge in [-0.1, -0.05) is 24.6 Å². The molecule has 0 saturated heterocycles. The van der Waals surface area contributed by atoms with Gasteiger partial charge in [0.1, 0.15) is 0 Å². The smallest absolute Gasteiger partial charge is 0.229 e. The van der Waals surface area contributed by atoms with Gasteiger partial charge in [-0.2, -0.15) is 0 Å². The van der Waals surface area contributed by atoms with Gasteiger partial charge < -0.3 is 10.6 Å². The van der Waals surface area contributed by atoms with E-state index in [0.717, 1.165) is 31.4 Å². The highest BCUT2D eigenvalue weighted by Gasteiger charge is 2.27. The van der Waals surface area contributed by atoms with Crippen molar-refractivity contribution in [1.29, 1.82) is 0 Å². The van der Waals surface area contributed by atoms with Gasteiger partial charge in [0, 0.05) is 24.7 Å². The molecule has 0 heterocycles. The molecule has 1 aliphatic rings. The second-order valence-corrected chi connectivity index (χ2v) is 4.86. The van der Waals surface area contributed by atoms with Crippen molar-refractivity contribution >= 4 is 24.0 Å². The third-order valence-corrected chi connectivity index (χ3v) is 3.54. The molecule has 0 spiro atoms. The quantitative estimate of drug-likeness (QED) is 0.896. The minimum atomic E-state index is 0. The van der Waals surface area contributed by atoms with Crippen LogP contribution in [-0.2, 0) is 4.79 Å². The van der Waals surface area contributed by atoms with Gasteiger partial charge in [0.25, 0.3) is 0 Å². The third-order valence-electron chi connectivity index (χ3n) is 3.54. The van der Waals surface area contributed by atoms with Crippen LogP contribution >= 0.6 is 12.4 Å². The monoisotopic (exact) mass is 268 g/mol. The molecule has 1 aliphatic carbocycles. The predicted molar refractivity (Wildman–Crippen MR) is 77.0 cm³/mol.